The van der Waals surface area contributed by atoms with Gasteiger partial charge in [0.05, 0.1) is 0 Å². The summed E-state index contributed by atoms with van der Waals surface area (Å²) in [5.41, 5.74) is 2.92. The molecule has 0 unspecified atom stereocenters. The van der Waals surface area contributed by atoms with Crippen molar-refractivity contribution >= 4 is 11.8 Å². The molecule has 1 fully saturated rings. The molecule has 5 rings (SSSR count). The Bertz CT molecular complexity index is 887. The molecule has 31 heavy (non-hydrogen) atoms. The van der Waals surface area contributed by atoms with Gasteiger partial charge < -0.3 is 18.8 Å². The number of hydrogen-bond donors (Lipinski definition) is 0. The van der Waals surface area contributed by atoms with Gasteiger partial charge in [0.2, 0.25) is 0 Å². The summed E-state index contributed by atoms with van der Waals surface area (Å²) in [6, 6.07) is 0. The third-order valence-electron chi connectivity index (χ3n) is 6.88. The highest BCUT2D eigenvalue weighted by Crippen LogP contribution is 2.26. The zero-order chi connectivity index (χ0) is 21.2. The summed E-state index contributed by atoms with van der Waals surface area (Å²) < 4.78 is 11.0. The molecule has 0 aromatic carbocycles. The van der Waals surface area contributed by atoms with E-state index in [0.717, 1.165) is 93.3 Å². The maximum atomic E-state index is 13.2. The molecule has 3 heterocycles. The smallest absolute Gasteiger partial charge is 0.276 e. The van der Waals surface area contributed by atoms with Crippen LogP contribution in [0.5, 0.6) is 0 Å². The minimum Gasteiger partial charge on any atom is -0.360 e. The largest absolute Gasteiger partial charge is 0.360 e. The highest BCUT2D eigenvalue weighted by molar-refractivity contribution is 5.95. The van der Waals surface area contributed by atoms with Crippen LogP contribution in [0.15, 0.2) is 9.05 Å². The van der Waals surface area contributed by atoms with E-state index >= 15 is 0 Å². The van der Waals surface area contributed by atoms with Gasteiger partial charge >= 0.3 is 0 Å². The molecule has 2 aromatic heterocycles. The Morgan fingerprint density at radius 1 is 0.581 bits per heavy atom. The number of hydrogen-bond acceptors (Lipinski definition) is 6. The standard InChI is InChI=1S/C23H30N4O4/c28-22(20-16-8-3-1-5-10-18(16)30-24-20)26-12-7-13-27(15-14-26)23(29)21-17-9-4-2-6-11-19(17)31-25-21/h1-15H2. The van der Waals surface area contributed by atoms with Gasteiger partial charge in [0.15, 0.2) is 11.4 Å². The van der Waals surface area contributed by atoms with E-state index in [9.17, 15) is 9.59 Å². The molecule has 166 valence electrons. The van der Waals surface area contributed by atoms with E-state index in [1.165, 1.54) is 0 Å². The molecule has 0 radical (unpaired) electrons. The maximum Gasteiger partial charge on any atom is 0.276 e. The molecule has 0 bridgehead atoms. The van der Waals surface area contributed by atoms with Crippen molar-refractivity contribution in [3.63, 3.8) is 0 Å². The van der Waals surface area contributed by atoms with Crippen LogP contribution in [0, 0.1) is 0 Å². The molecule has 8 heteroatoms. The van der Waals surface area contributed by atoms with E-state index in [1.807, 2.05) is 9.80 Å². The van der Waals surface area contributed by atoms with Crippen LogP contribution in [-0.4, -0.2) is 58.1 Å². The number of amides is 2. The summed E-state index contributed by atoms with van der Waals surface area (Å²) in [6.07, 6.45) is 10.8. The molecule has 1 saturated heterocycles. The van der Waals surface area contributed by atoms with Gasteiger partial charge in [-0.2, -0.15) is 0 Å². The first-order valence-electron chi connectivity index (χ1n) is 11.8. The Balaban J connectivity index is 1.28. The molecule has 0 N–H and O–H groups in total. The zero-order valence-electron chi connectivity index (χ0n) is 18.0. The van der Waals surface area contributed by atoms with Crippen molar-refractivity contribution in [3.05, 3.63) is 34.0 Å². The second kappa shape index (κ2) is 8.85. The summed E-state index contributed by atoms with van der Waals surface area (Å²) in [5.74, 6) is 1.60. The van der Waals surface area contributed by atoms with Crippen molar-refractivity contribution in [2.75, 3.05) is 26.2 Å². The van der Waals surface area contributed by atoms with Crippen LogP contribution in [0.2, 0.25) is 0 Å². The number of carbonyl (C=O) groups excluding carboxylic acids is 2. The summed E-state index contributed by atoms with van der Waals surface area (Å²) in [5, 5.41) is 8.26. The number of nitrogens with zero attached hydrogens (tertiary/aromatic N) is 4. The first-order chi connectivity index (χ1) is 15.2. The lowest BCUT2D eigenvalue weighted by Gasteiger charge is -2.21. The van der Waals surface area contributed by atoms with Crippen molar-refractivity contribution < 1.29 is 18.6 Å². The van der Waals surface area contributed by atoms with Crippen molar-refractivity contribution in [2.45, 2.75) is 70.6 Å². The number of carbonyl (C=O) groups is 2. The van der Waals surface area contributed by atoms with E-state index in [-0.39, 0.29) is 11.8 Å². The maximum absolute atomic E-state index is 13.2. The van der Waals surface area contributed by atoms with E-state index in [2.05, 4.69) is 10.3 Å². The predicted octanol–water partition coefficient (Wildman–Crippen LogP) is 3.19. The Hall–Kier alpha value is -2.64. The van der Waals surface area contributed by atoms with Crippen LogP contribution in [0.25, 0.3) is 0 Å². The Morgan fingerprint density at radius 3 is 1.52 bits per heavy atom. The van der Waals surface area contributed by atoms with Gasteiger partial charge in [-0.1, -0.05) is 23.2 Å². The minimum absolute atomic E-state index is 0.0727. The van der Waals surface area contributed by atoms with Gasteiger partial charge in [-0.15, -0.1) is 0 Å². The van der Waals surface area contributed by atoms with Crippen LogP contribution < -0.4 is 0 Å². The topological polar surface area (TPSA) is 92.7 Å². The minimum atomic E-state index is -0.0727. The number of aromatic nitrogens is 2. The zero-order valence-corrected chi connectivity index (χ0v) is 18.0. The number of aryl methyl sites for hydroxylation is 2. The molecular weight excluding hydrogens is 396 g/mol. The van der Waals surface area contributed by atoms with Crippen molar-refractivity contribution in [1.82, 2.24) is 20.1 Å². The summed E-state index contributed by atoms with van der Waals surface area (Å²) in [6.45, 7) is 2.21. The van der Waals surface area contributed by atoms with Crippen LogP contribution in [-0.2, 0) is 25.7 Å². The average Bonchev–Trinajstić information content (AvgIpc) is 3.07. The lowest BCUT2D eigenvalue weighted by Crippen LogP contribution is -2.38. The first kappa shape index (κ1) is 20.3. The second-order valence-electron chi connectivity index (χ2n) is 8.93. The highest BCUT2D eigenvalue weighted by Gasteiger charge is 2.31. The molecule has 0 spiro atoms. The lowest BCUT2D eigenvalue weighted by molar-refractivity contribution is 0.0706. The third-order valence-corrected chi connectivity index (χ3v) is 6.88. The van der Waals surface area contributed by atoms with Gasteiger partial charge in [-0.3, -0.25) is 9.59 Å². The van der Waals surface area contributed by atoms with E-state index in [1.54, 1.807) is 0 Å². The quantitative estimate of drug-likeness (QED) is 0.685. The molecule has 2 amide bonds. The molecule has 3 aliphatic rings. The van der Waals surface area contributed by atoms with Gasteiger partial charge in [0.25, 0.3) is 11.8 Å². The molecular formula is C23H30N4O4. The van der Waals surface area contributed by atoms with E-state index in [4.69, 9.17) is 9.05 Å². The second-order valence-corrected chi connectivity index (χ2v) is 8.93. The Labute approximate surface area is 181 Å². The van der Waals surface area contributed by atoms with Crippen molar-refractivity contribution in [3.8, 4) is 0 Å². The Morgan fingerprint density at radius 2 is 1.03 bits per heavy atom. The highest BCUT2D eigenvalue weighted by atomic mass is 16.5. The first-order valence-corrected chi connectivity index (χ1v) is 11.8. The van der Waals surface area contributed by atoms with E-state index < -0.39 is 0 Å². The van der Waals surface area contributed by atoms with Crippen molar-refractivity contribution in [2.24, 2.45) is 0 Å². The van der Waals surface area contributed by atoms with Gasteiger partial charge in [0, 0.05) is 50.1 Å². The van der Waals surface area contributed by atoms with Crippen LogP contribution in [0.1, 0.15) is 88.6 Å². The van der Waals surface area contributed by atoms with E-state index in [0.29, 0.717) is 37.6 Å². The monoisotopic (exact) mass is 426 g/mol. The molecule has 0 atom stereocenters. The fourth-order valence-corrected chi connectivity index (χ4v) is 5.08. The lowest BCUT2D eigenvalue weighted by atomic mass is 10.1. The molecule has 2 aliphatic carbocycles. The normalized spacial score (nSPS) is 19.7. The fraction of sp³-hybridized carbons (Fsp3) is 0.652. The summed E-state index contributed by atoms with van der Waals surface area (Å²) >= 11 is 0. The molecule has 2 aromatic rings. The summed E-state index contributed by atoms with van der Waals surface area (Å²) in [7, 11) is 0. The van der Waals surface area contributed by atoms with Crippen LogP contribution in [0.4, 0.5) is 0 Å². The van der Waals surface area contributed by atoms with Crippen LogP contribution in [0.3, 0.4) is 0 Å². The predicted molar refractivity (Wildman–Crippen MR) is 112 cm³/mol. The molecule has 8 nitrogen and oxygen atoms in total. The average molecular weight is 427 g/mol. The number of rotatable bonds is 2. The van der Waals surface area contributed by atoms with Gasteiger partial charge in [0.1, 0.15) is 11.5 Å². The molecule has 0 saturated carbocycles. The van der Waals surface area contributed by atoms with Crippen LogP contribution >= 0.6 is 0 Å². The van der Waals surface area contributed by atoms with Gasteiger partial charge in [-0.05, 0) is 44.9 Å². The third kappa shape index (κ3) is 4.00. The fourth-order valence-electron chi connectivity index (χ4n) is 5.08. The SMILES string of the molecule is O=C(c1noc2c1CCCCC2)N1CCCN(C(=O)c2noc3c2CCCCC3)CC1. The Kier molecular flexibility index (Phi) is 5.78. The number of fused-ring (bicyclic) bond motifs is 2. The molecule has 1 aliphatic heterocycles. The van der Waals surface area contributed by atoms with Gasteiger partial charge in [-0.25, -0.2) is 0 Å². The van der Waals surface area contributed by atoms with Crippen molar-refractivity contribution in [1.29, 1.82) is 0 Å². The summed E-state index contributed by atoms with van der Waals surface area (Å²) in [4.78, 5) is 30.0.